The van der Waals surface area contributed by atoms with Crippen LogP contribution in [0.5, 0.6) is 0 Å². The minimum atomic E-state index is -1.14. The molecule has 0 saturated heterocycles. The molecule has 0 aliphatic heterocycles. The maximum Gasteiger partial charge on any atom is 0.335 e. The number of hydrogen-bond acceptors (Lipinski definition) is 2. The van der Waals surface area contributed by atoms with Crippen molar-refractivity contribution in [2.24, 2.45) is 5.92 Å². The fourth-order valence-electron chi connectivity index (χ4n) is 1.87. The first-order valence-corrected chi connectivity index (χ1v) is 7.31. The Hall–Kier alpha value is -1.46. The molecule has 0 aliphatic carbocycles. The van der Waals surface area contributed by atoms with Crippen LogP contribution in [0.2, 0.25) is 10.0 Å². The lowest BCUT2D eigenvalue weighted by Crippen LogP contribution is -2.40. The highest BCUT2D eigenvalue weighted by Crippen LogP contribution is 2.31. The van der Waals surface area contributed by atoms with Crippen molar-refractivity contribution in [3.63, 3.8) is 0 Å². The van der Waals surface area contributed by atoms with Crippen LogP contribution >= 0.6 is 23.2 Å². The Bertz CT molecular complexity index is 524. The molecule has 0 fully saturated rings. The molecular weight excluding hydrogens is 315 g/mol. The van der Waals surface area contributed by atoms with E-state index in [1.165, 1.54) is 12.1 Å². The lowest BCUT2D eigenvalue weighted by molar-refractivity contribution is 0.0697. The van der Waals surface area contributed by atoms with Gasteiger partial charge < -0.3 is 15.7 Å². The summed E-state index contributed by atoms with van der Waals surface area (Å²) in [7, 11) is 0. The highest BCUT2D eigenvalue weighted by Gasteiger charge is 2.17. The van der Waals surface area contributed by atoms with E-state index in [9.17, 15) is 9.59 Å². The molecule has 0 aromatic heterocycles. The molecule has 0 bridgehead atoms. The van der Waals surface area contributed by atoms with Gasteiger partial charge in [0.05, 0.1) is 21.3 Å². The minimum absolute atomic E-state index is 0.0286. The van der Waals surface area contributed by atoms with Crippen LogP contribution in [0.3, 0.4) is 0 Å². The van der Waals surface area contributed by atoms with Crippen LogP contribution in [0.25, 0.3) is 0 Å². The van der Waals surface area contributed by atoms with Gasteiger partial charge in [0.15, 0.2) is 0 Å². The molecule has 5 nitrogen and oxygen atoms in total. The number of carbonyl (C=O) groups is 2. The van der Waals surface area contributed by atoms with Crippen molar-refractivity contribution >= 4 is 40.9 Å². The quantitative estimate of drug-likeness (QED) is 0.754. The number of aromatic carboxylic acids is 1. The fraction of sp³-hybridized carbons (Fsp3) is 0.429. The second kappa shape index (κ2) is 7.52. The van der Waals surface area contributed by atoms with Crippen LogP contribution in [0.15, 0.2) is 12.1 Å². The molecule has 0 saturated carbocycles. The van der Waals surface area contributed by atoms with Gasteiger partial charge in [-0.1, -0.05) is 44.0 Å². The molecule has 0 aliphatic rings. The Morgan fingerprint density at radius 2 is 1.76 bits per heavy atom. The van der Waals surface area contributed by atoms with E-state index in [-0.39, 0.29) is 27.3 Å². The monoisotopic (exact) mass is 332 g/mol. The number of anilines is 1. The summed E-state index contributed by atoms with van der Waals surface area (Å²) in [4.78, 5) is 22.8. The van der Waals surface area contributed by atoms with Crippen LogP contribution in [0, 0.1) is 5.92 Å². The molecule has 2 amide bonds. The van der Waals surface area contributed by atoms with Gasteiger partial charge in [0.1, 0.15) is 0 Å². The minimum Gasteiger partial charge on any atom is -0.478 e. The normalized spacial score (nSPS) is 12.1. The Kier molecular flexibility index (Phi) is 6.30. The number of nitrogens with one attached hydrogen (secondary N) is 2. The molecule has 0 radical (unpaired) electrons. The van der Waals surface area contributed by atoms with Crippen LogP contribution in [0.1, 0.15) is 37.6 Å². The number of halogens is 2. The van der Waals surface area contributed by atoms with E-state index in [1.807, 2.05) is 20.8 Å². The topological polar surface area (TPSA) is 78.4 Å². The van der Waals surface area contributed by atoms with E-state index in [0.717, 1.165) is 6.42 Å². The van der Waals surface area contributed by atoms with E-state index in [4.69, 9.17) is 28.3 Å². The number of benzene rings is 1. The maximum absolute atomic E-state index is 12.0. The van der Waals surface area contributed by atoms with Crippen molar-refractivity contribution in [1.29, 1.82) is 0 Å². The van der Waals surface area contributed by atoms with Gasteiger partial charge in [-0.05, 0) is 24.5 Å². The zero-order chi connectivity index (χ0) is 16.2. The average Bonchev–Trinajstić information content (AvgIpc) is 2.39. The molecule has 1 rings (SSSR count). The third-order valence-electron chi connectivity index (χ3n) is 3.09. The van der Waals surface area contributed by atoms with Crippen molar-refractivity contribution in [2.45, 2.75) is 33.2 Å². The van der Waals surface area contributed by atoms with Crippen molar-refractivity contribution in [3.05, 3.63) is 27.7 Å². The molecule has 0 spiro atoms. The largest absolute Gasteiger partial charge is 0.478 e. The lowest BCUT2D eigenvalue weighted by Gasteiger charge is -2.21. The maximum atomic E-state index is 12.0. The number of rotatable bonds is 5. The lowest BCUT2D eigenvalue weighted by atomic mass is 10.0. The van der Waals surface area contributed by atoms with Crippen molar-refractivity contribution < 1.29 is 14.7 Å². The third kappa shape index (κ3) is 4.79. The molecule has 1 atom stereocenters. The van der Waals surface area contributed by atoms with Gasteiger partial charge in [-0.15, -0.1) is 0 Å². The first-order chi connectivity index (χ1) is 9.76. The Morgan fingerprint density at radius 3 is 2.14 bits per heavy atom. The predicted octanol–water partition coefficient (Wildman–Crippen LogP) is 4.25. The van der Waals surface area contributed by atoms with E-state index in [1.54, 1.807) is 0 Å². The summed E-state index contributed by atoms with van der Waals surface area (Å²) in [6.45, 7) is 6.00. The predicted molar refractivity (Wildman–Crippen MR) is 84.5 cm³/mol. The Labute approximate surface area is 133 Å². The molecule has 0 heterocycles. The summed E-state index contributed by atoms with van der Waals surface area (Å²) < 4.78 is 0. The summed E-state index contributed by atoms with van der Waals surface area (Å²) >= 11 is 11.9. The Balaban J connectivity index is 2.88. The molecule has 21 heavy (non-hydrogen) atoms. The number of carboxylic acid groups (broad SMARTS) is 1. The van der Waals surface area contributed by atoms with E-state index < -0.39 is 12.0 Å². The van der Waals surface area contributed by atoms with Gasteiger partial charge in [0, 0.05) is 6.04 Å². The van der Waals surface area contributed by atoms with Gasteiger partial charge in [-0.25, -0.2) is 9.59 Å². The van der Waals surface area contributed by atoms with Crippen LogP contribution in [-0.4, -0.2) is 23.1 Å². The summed E-state index contributed by atoms with van der Waals surface area (Å²) in [5, 5.41) is 14.4. The number of carbonyl (C=O) groups excluding carboxylic acids is 1. The standard InChI is InChI=1S/C14H18Cl2N2O3/c1-4-11(7(2)3)17-14(21)18-12-9(15)5-8(13(19)20)6-10(12)16/h5-7,11H,4H2,1-3H3,(H,19,20)(H2,17,18,21). The third-order valence-corrected chi connectivity index (χ3v) is 3.68. The zero-order valence-corrected chi connectivity index (χ0v) is 13.5. The van der Waals surface area contributed by atoms with Crippen LogP contribution in [-0.2, 0) is 0 Å². The summed E-state index contributed by atoms with van der Waals surface area (Å²) in [5.41, 5.74) is 0.156. The second-order valence-electron chi connectivity index (χ2n) is 4.98. The smallest absolute Gasteiger partial charge is 0.335 e. The summed E-state index contributed by atoms with van der Waals surface area (Å²) in [6, 6.07) is 2.08. The summed E-state index contributed by atoms with van der Waals surface area (Å²) in [6.07, 6.45) is 0.796. The fourth-order valence-corrected chi connectivity index (χ4v) is 2.46. The van der Waals surface area contributed by atoms with E-state index in [0.29, 0.717) is 5.92 Å². The average molecular weight is 333 g/mol. The first kappa shape index (κ1) is 17.6. The molecule has 116 valence electrons. The second-order valence-corrected chi connectivity index (χ2v) is 5.79. The van der Waals surface area contributed by atoms with Crippen molar-refractivity contribution in [2.75, 3.05) is 5.32 Å². The Morgan fingerprint density at radius 1 is 1.24 bits per heavy atom. The SMILES string of the molecule is CCC(NC(=O)Nc1c(Cl)cc(C(=O)O)cc1Cl)C(C)C. The van der Waals surface area contributed by atoms with Crippen LogP contribution in [0.4, 0.5) is 10.5 Å². The van der Waals surface area contributed by atoms with Crippen LogP contribution < -0.4 is 10.6 Å². The molecule has 1 aromatic carbocycles. The highest BCUT2D eigenvalue weighted by atomic mass is 35.5. The van der Waals surface area contributed by atoms with E-state index >= 15 is 0 Å². The van der Waals surface area contributed by atoms with Gasteiger partial charge >= 0.3 is 12.0 Å². The molecule has 1 unspecified atom stereocenters. The number of amides is 2. The number of urea groups is 1. The van der Waals surface area contributed by atoms with Gasteiger partial charge in [0.2, 0.25) is 0 Å². The van der Waals surface area contributed by atoms with Gasteiger partial charge in [-0.3, -0.25) is 0 Å². The van der Waals surface area contributed by atoms with Gasteiger partial charge in [0.25, 0.3) is 0 Å². The molecule has 1 aromatic rings. The van der Waals surface area contributed by atoms with E-state index in [2.05, 4.69) is 10.6 Å². The van der Waals surface area contributed by atoms with Crippen molar-refractivity contribution in [1.82, 2.24) is 5.32 Å². The first-order valence-electron chi connectivity index (χ1n) is 6.56. The van der Waals surface area contributed by atoms with Crippen molar-refractivity contribution in [3.8, 4) is 0 Å². The number of carboxylic acids is 1. The molecule has 7 heteroatoms. The zero-order valence-electron chi connectivity index (χ0n) is 12.0. The van der Waals surface area contributed by atoms with Gasteiger partial charge in [-0.2, -0.15) is 0 Å². The molecule has 3 N–H and O–H groups in total. The summed E-state index contributed by atoms with van der Waals surface area (Å²) in [5.74, 6) is -0.846. The number of hydrogen-bond donors (Lipinski definition) is 3. The highest BCUT2D eigenvalue weighted by molar-refractivity contribution is 6.40. The molecular formula is C14H18Cl2N2O3.